The third kappa shape index (κ3) is 2.63. The highest BCUT2D eigenvalue weighted by Crippen LogP contribution is 2.76. The molecule has 0 unspecified atom stereocenters. The summed E-state index contributed by atoms with van der Waals surface area (Å²) in [5.41, 5.74) is 0.649. The molecule has 3 heteroatoms. The molecule has 0 saturated heterocycles. The van der Waals surface area contributed by atoms with E-state index in [4.69, 9.17) is 0 Å². The second-order valence-corrected chi connectivity index (χ2v) is 13.9. The van der Waals surface area contributed by atoms with E-state index in [0.29, 0.717) is 23.7 Å². The zero-order valence-electron chi connectivity index (χ0n) is 21.7. The van der Waals surface area contributed by atoms with E-state index < -0.39 is 11.4 Å². The number of carbonyl (C=O) groups is 2. The average Bonchev–Trinajstić information content (AvgIpc) is 3.13. The third-order valence-electron chi connectivity index (χ3n) is 12.8. The first kappa shape index (κ1) is 23.4. The zero-order valence-corrected chi connectivity index (χ0v) is 21.7. The van der Waals surface area contributed by atoms with Crippen molar-refractivity contribution in [1.82, 2.24) is 0 Å². The Bertz CT molecular complexity index is 944. The number of ketones is 1. The van der Waals surface area contributed by atoms with Gasteiger partial charge in [-0.3, -0.25) is 9.59 Å². The van der Waals surface area contributed by atoms with E-state index in [2.05, 4.69) is 54.2 Å². The highest BCUT2D eigenvalue weighted by atomic mass is 16.4. The number of carbonyl (C=O) groups excluding carboxylic acids is 1. The fourth-order valence-corrected chi connectivity index (χ4v) is 10.8. The SMILES string of the molecule is C=C(C)[C@@H]1CC[C@]2(C(=O)O)CC[C@]3(C)[C@H](CC[C@@H]4[C@@]5(C)C=CC(=O)C(C)(C)[C@@H]5CC[C@]43C)[C@@H]12. The van der Waals surface area contributed by atoms with Crippen molar-refractivity contribution >= 4 is 11.8 Å². The second-order valence-electron chi connectivity index (χ2n) is 13.9. The van der Waals surface area contributed by atoms with E-state index in [1.54, 1.807) is 0 Å². The maximum atomic E-state index is 12.8. The molecule has 4 saturated carbocycles. The van der Waals surface area contributed by atoms with Gasteiger partial charge in [-0.2, -0.15) is 0 Å². The maximum Gasteiger partial charge on any atom is 0.309 e. The molecule has 5 aliphatic carbocycles. The maximum absolute atomic E-state index is 12.8. The molecule has 5 rings (SSSR count). The summed E-state index contributed by atoms with van der Waals surface area (Å²) in [6.45, 7) is 18.3. The number of hydrogen-bond acceptors (Lipinski definition) is 2. The second kappa shape index (κ2) is 6.85. The molecule has 0 aliphatic heterocycles. The topological polar surface area (TPSA) is 54.4 Å². The minimum Gasteiger partial charge on any atom is -0.481 e. The first-order chi connectivity index (χ1) is 15.3. The summed E-state index contributed by atoms with van der Waals surface area (Å²) in [5, 5.41) is 10.5. The molecule has 0 heterocycles. The molecule has 0 aromatic carbocycles. The van der Waals surface area contributed by atoms with Gasteiger partial charge in [-0.15, -0.1) is 0 Å². The predicted molar refractivity (Wildman–Crippen MR) is 132 cm³/mol. The van der Waals surface area contributed by atoms with Crippen molar-refractivity contribution in [2.24, 2.45) is 56.7 Å². The van der Waals surface area contributed by atoms with E-state index in [1.807, 2.05) is 6.08 Å². The van der Waals surface area contributed by atoms with Crippen LogP contribution in [0.2, 0.25) is 0 Å². The number of allylic oxidation sites excluding steroid dienone is 3. The van der Waals surface area contributed by atoms with Crippen LogP contribution in [-0.2, 0) is 9.59 Å². The predicted octanol–water partition coefficient (Wildman–Crippen LogP) is 7.07. The van der Waals surface area contributed by atoms with Crippen molar-refractivity contribution in [2.75, 3.05) is 0 Å². The van der Waals surface area contributed by atoms with Gasteiger partial charge < -0.3 is 5.11 Å². The molecule has 9 atom stereocenters. The summed E-state index contributed by atoms with van der Waals surface area (Å²) in [6, 6.07) is 0. The Balaban J connectivity index is 1.59. The molecule has 0 amide bonds. The Morgan fingerprint density at radius 2 is 1.64 bits per heavy atom. The van der Waals surface area contributed by atoms with E-state index in [9.17, 15) is 14.7 Å². The normalized spacial score (nSPS) is 52.3. The van der Waals surface area contributed by atoms with E-state index >= 15 is 0 Å². The molecule has 5 aliphatic rings. The van der Waals surface area contributed by atoms with Gasteiger partial charge in [0.05, 0.1) is 5.41 Å². The molecule has 3 nitrogen and oxygen atoms in total. The molecule has 1 N–H and O–H groups in total. The van der Waals surface area contributed by atoms with Crippen LogP contribution in [0.4, 0.5) is 0 Å². The van der Waals surface area contributed by atoms with Gasteiger partial charge in [-0.1, -0.05) is 52.8 Å². The number of hydrogen-bond donors (Lipinski definition) is 1. The number of rotatable bonds is 2. The molecular formula is C30H44O3. The van der Waals surface area contributed by atoms with Crippen LogP contribution < -0.4 is 0 Å². The quantitative estimate of drug-likeness (QED) is 0.456. The van der Waals surface area contributed by atoms with Crippen LogP contribution >= 0.6 is 0 Å². The molecule has 0 aromatic heterocycles. The molecule has 33 heavy (non-hydrogen) atoms. The molecule has 0 bridgehead atoms. The van der Waals surface area contributed by atoms with Gasteiger partial charge >= 0.3 is 5.97 Å². The Morgan fingerprint density at radius 3 is 2.27 bits per heavy atom. The zero-order chi connectivity index (χ0) is 24.2. The molecule has 0 aromatic rings. The van der Waals surface area contributed by atoms with Crippen LogP contribution in [0.15, 0.2) is 24.3 Å². The summed E-state index contributed by atoms with van der Waals surface area (Å²) in [6.07, 6.45) is 12.3. The lowest BCUT2D eigenvalue weighted by atomic mass is 9.33. The largest absolute Gasteiger partial charge is 0.481 e. The van der Waals surface area contributed by atoms with E-state index in [0.717, 1.165) is 51.4 Å². The van der Waals surface area contributed by atoms with Gasteiger partial charge in [-0.25, -0.2) is 0 Å². The van der Waals surface area contributed by atoms with Crippen molar-refractivity contribution in [3.05, 3.63) is 24.3 Å². The van der Waals surface area contributed by atoms with Crippen molar-refractivity contribution in [2.45, 2.75) is 92.9 Å². The van der Waals surface area contributed by atoms with Crippen molar-refractivity contribution in [3.63, 3.8) is 0 Å². The molecule has 0 spiro atoms. The van der Waals surface area contributed by atoms with Gasteiger partial charge in [-0.05, 0) is 110 Å². The lowest BCUT2D eigenvalue weighted by Gasteiger charge is -2.71. The van der Waals surface area contributed by atoms with Crippen LogP contribution in [0.5, 0.6) is 0 Å². The smallest absolute Gasteiger partial charge is 0.309 e. The standard InChI is InChI=1S/C30H44O3/c1-18(2)19-10-15-30(25(32)33)17-16-28(6)20(24(19)30)8-9-22-27(5)13-12-23(31)26(3,4)21(27)11-14-29(22,28)7/h12-13,19-22,24H,1,8-11,14-17H2,2-7H3,(H,32,33)/t19-,20+,21-,22+,24+,27-,28+,29+,30-/m0/s1. The van der Waals surface area contributed by atoms with Gasteiger partial charge in [0.15, 0.2) is 5.78 Å². The minimum atomic E-state index is -0.559. The van der Waals surface area contributed by atoms with Crippen LogP contribution in [0, 0.1) is 56.7 Å². The van der Waals surface area contributed by atoms with Crippen LogP contribution in [0.1, 0.15) is 92.9 Å². The highest BCUT2D eigenvalue weighted by molar-refractivity contribution is 5.95. The van der Waals surface area contributed by atoms with Gasteiger partial charge in [0.2, 0.25) is 0 Å². The Morgan fingerprint density at radius 1 is 0.939 bits per heavy atom. The Hall–Kier alpha value is -1.38. The van der Waals surface area contributed by atoms with Crippen molar-refractivity contribution in [3.8, 4) is 0 Å². The summed E-state index contributed by atoms with van der Waals surface area (Å²) in [5.74, 6) is 1.64. The van der Waals surface area contributed by atoms with Crippen LogP contribution in [-0.4, -0.2) is 16.9 Å². The fourth-order valence-electron chi connectivity index (χ4n) is 10.8. The summed E-state index contributed by atoms with van der Waals surface area (Å²) in [7, 11) is 0. The van der Waals surface area contributed by atoms with E-state index in [-0.39, 0.29) is 33.4 Å². The number of carboxylic acids is 1. The Labute approximate surface area is 200 Å². The lowest BCUT2D eigenvalue weighted by molar-refractivity contribution is -0.221. The van der Waals surface area contributed by atoms with Crippen LogP contribution in [0.3, 0.4) is 0 Å². The summed E-state index contributed by atoms with van der Waals surface area (Å²) < 4.78 is 0. The summed E-state index contributed by atoms with van der Waals surface area (Å²) in [4.78, 5) is 25.6. The molecule has 4 fully saturated rings. The first-order valence-electron chi connectivity index (χ1n) is 13.4. The van der Waals surface area contributed by atoms with E-state index in [1.165, 1.54) is 5.57 Å². The monoisotopic (exact) mass is 452 g/mol. The number of fused-ring (bicyclic) bond motifs is 7. The molecule has 0 radical (unpaired) electrons. The lowest BCUT2D eigenvalue weighted by Crippen LogP contribution is -2.66. The molecular weight excluding hydrogens is 408 g/mol. The average molecular weight is 453 g/mol. The van der Waals surface area contributed by atoms with Crippen molar-refractivity contribution in [1.29, 1.82) is 0 Å². The number of aliphatic carboxylic acids is 1. The number of carboxylic acid groups (broad SMARTS) is 1. The van der Waals surface area contributed by atoms with Gasteiger partial charge in [0, 0.05) is 5.41 Å². The third-order valence-corrected chi connectivity index (χ3v) is 12.8. The minimum absolute atomic E-state index is 0.0309. The van der Waals surface area contributed by atoms with Gasteiger partial charge in [0.25, 0.3) is 0 Å². The van der Waals surface area contributed by atoms with Crippen LogP contribution in [0.25, 0.3) is 0 Å². The fraction of sp³-hybridized carbons (Fsp3) is 0.800. The highest BCUT2D eigenvalue weighted by Gasteiger charge is 2.71. The Kier molecular flexibility index (Phi) is 4.85. The first-order valence-corrected chi connectivity index (χ1v) is 13.4. The summed E-state index contributed by atoms with van der Waals surface area (Å²) >= 11 is 0. The van der Waals surface area contributed by atoms with Crippen molar-refractivity contribution < 1.29 is 14.7 Å². The van der Waals surface area contributed by atoms with Gasteiger partial charge in [0.1, 0.15) is 0 Å². The molecule has 182 valence electrons.